The fourth-order valence-corrected chi connectivity index (χ4v) is 1.82. The highest BCUT2D eigenvalue weighted by Crippen LogP contribution is 2.23. The first-order chi connectivity index (χ1) is 8.19. The summed E-state index contributed by atoms with van der Waals surface area (Å²) in [5.74, 6) is -0.0152. The van der Waals surface area contributed by atoms with Gasteiger partial charge in [0, 0.05) is 12.2 Å². The Hall–Kier alpha value is -1.88. The van der Waals surface area contributed by atoms with E-state index in [-0.39, 0.29) is 11.8 Å². The molecule has 2 amide bonds. The van der Waals surface area contributed by atoms with Crippen molar-refractivity contribution in [3.63, 3.8) is 0 Å². The molecule has 90 valence electrons. The van der Waals surface area contributed by atoms with Crippen molar-refractivity contribution in [3.8, 4) is 0 Å². The van der Waals surface area contributed by atoms with Gasteiger partial charge < -0.3 is 16.0 Å². The van der Waals surface area contributed by atoms with E-state index in [2.05, 4.69) is 16.0 Å². The summed E-state index contributed by atoms with van der Waals surface area (Å²) in [6, 6.07) is 5.73. The molecule has 1 aliphatic heterocycles. The van der Waals surface area contributed by atoms with E-state index >= 15 is 0 Å². The fourth-order valence-electron chi connectivity index (χ4n) is 1.82. The van der Waals surface area contributed by atoms with Crippen molar-refractivity contribution in [2.75, 3.05) is 18.9 Å². The van der Waals surface area contributed by atoms with Gasteiger partial charge in [0.1, 0.15) is 0 Å². The van der Waals surface area contributed by atoms with E-state index in [0.717, 1.165) is 16.8 Å². The molecular formula is C12H15N3O2. The van der Waals surface area contributed by atoms with Crippen LogP contribution in [-0.4, -0.2) is 25.4 Å². The second-order valence-electron chi connectivity index (χ2n) is 4.02. The number of hydrogen-bond acceptors (Lipinski definition) is 3. The van der Waals surface area contributed by atoms with Crippen LogP contribution < -0.4 is 16.0 Å². The Balaban J connectivity index is 1.97. The minimum absolute atomic E-state index is 0.0244. The number of nitrogens with one attached hydrogen (secondary N) is 3. The van der Waals surface area contributed by atoms with E-state index in [9.17, 15) is 9.59 Å². The quantitative estimate of drug-likeness (QED) is 0.686. The van der Waals surface area contributed by atoms with Crippen LogP contribution in [0.25, 0.3) is 0 Å². The first-order valence-corrected chi connectivity index (χ1v) is 5.52. The van der Waals surface area contributed by atoms with Crippen molar-refractivity contribution < 1.29 is 9.59 Å². The number of amides is 2. The number of anilines is 1. The smallest absolute Gasteiger partial charge is 0.234 e. The lowest BCUT2D eigenvalue weighted by molar-refractivity contribution is -0.120. The van der Waals surface area contributed by atoms with E-state index < -0.39 is 0 Å². The molecular weight excluding hydrogens is 218 g/mol. The summed E-state index contributed by atoms with van der Waals surface area (Å²) in [4.78, 5) is 22.4. The van der Waals surface area contributed by atoms with Crippen LogP contribution in [0.3, 0.4) is 0 Å². The Kier molecular flexibility index (Phi) is 3.39. The average molecular weight is 233 g/mol. The summed E-state index contributed by atoms with van der Waals surface area (Å²) in [6.07, 6.45) is 0.424. The topological polar surface area (TPSA) is 70.2 Å². The summed E-state index contributed by atoms with van der Waals surface area (Å²) in [5, 5.41) is 8.35. The largest absolute Gasteiger partial charge is 0.351 e. The number of rotatable bonds is 4. The van der Waals surface area contributed by atoms with E-state index in [1.165, 1.54) is 0 Å². The minimum Gasteiger partial charge on any atom is -0.351 e. The van der Waals surface area contributed by atoms with Crippen molar-refractivity contribution >= 4 is 17.5 Å². The Morgan fingerprint density at radius 3 is 3.06 bits per heavy atom. The summed E-state index contributed by atoms with van der Waals surface area (Å²) in [5.41, 5.74) is 2.88. The van der Waals surface area contributed by atoms with Crippen molar-refractivity contribution in [2.24, 2.45) is 0 Å². The second-order valence-corrected chi connectivity index (χ2v) is 4.02. The molecule has 0 fully saturated rings. The van der Waals surface area contributed by atoms with Gasteiger partial charge in [-0.2, -0.15) is 0 Å². The van der Waals surface area contributed by atoms with Gasteiger partial charge in [0.15, 0.2) is 0 Å². The molecule has 0 atom stereocenters. The normalized spacial score (nSPS) is 13.1. The zero-order chi connectivity index (χ0) is 12.3. The van der Waals surface area contributed by atoms with E-state index in [1.54, 1.807) is 7.05 Å². The van der Waals surface area contributed by atoms with Gasteiger partial charge in [0.05, 0.1) is 13.0 Å². The molecule has 1 heterocycles. The van der Waals surface area contributed by atoms with E-state index in [4.69, 9.17) is 0 Å². The molecule has 1 aliphatic rings. The van der Waals surface area contributed by atoms with Crippen molar-refractivity contribution in [2.45, 2.75) is 13.0 Å². The standard InChI is InChI=1S/C12H15N3O2/c1-13-7-12(17)14-6-8-2-3-10-9(4-8)5-11(16)15-10/h2-4,13H,5-7H2,1H3,(H,14,17)(H,15,16). The molecule has 1 aromatic carbocycles. The van der Waals surface area contributed by atoms with E-state index in [1.807, 2.05) is 18.2 Å². The predicted molar refractivity (Wildman–Crippen MR) is 64.5 cm³/mol. The summed E-state index contributed by atoms with van der Waals surface area (Å²) >= 11 is 0. The van der Waals surface area contributed by atoms with E-state index in [0.29, 0.717) is 19.5 Å². The first-order valence-electron chi connectivity index (χ1n) is 5.52. The Morgan fingerprint density at radius 1 is 1.47 bits per heavy atom. The Bertz CT molecular complexity index is 457. The summed E-state index contributed by atoms with van der Waals surface area (Å²) in [7, 11) is 1.73. The maximum atomic E-state index is 11.3. The van der Waals surface area contributed by atoms with Crippen LogP contribution in [0.4, 0.5) is 5.69 Å². The molecule has 0 saturated heterocycles. The molecule has 0 aliphatic carbocycles. The molecule has 0 aromatic heterocycles. The van der Waals surface area contributed by atoms with Crippen LogP contribution in [-0.2, 0) is 22.6 Å². The summed E-state index contributed by atoms with van der Waals surface area (Å²) < 4.78 is 0. The predicted octanol–water partition coefficient (Wildman–Crippen LogP) is 0.0168. The molecule has 0 unspecified atom stereocenters. The monoisotopic (exact) mass is 233 g/mol. The number of benzene rings is 1. The first kappa shape index (κ1) is 11.6. The lowest BCUT2D eigenvalue weighted by Gasteiger charge is -2.06. The highest BCUT2D eigenvalue weighted by Gasteiger charge is 2.17. The van der Waals surface area contributed by atoms with Crippen LogP contribution in [0.1, 0.15) is 11.1 Å². The Labute approximate surface area is 99.6 Å². The van der Waals surface area contributed by atoms with Gasteiger partial charge in [-0.3, -0.25) is 9.59 Å². The molecule has 0 saturated carbocycles. The number of fused-ring (bicyclic) bond motifs is 1. The Morgan fingerprint density at radius 2 is 2.29 bits per heavy atom. The highest BCUT2D eigenvalue weighted by atomic mass is 16.2. The summed E-state index contributed by atoms with van der Waals surface area (Å²) in [6.45, 7) is 0.799. The van der Waals surface area contributed by atoms with Crippen molar-refractivity contribution in [3.05, 3.63) is 29.3 Å². The average Bonchev–Trinajstić information content (AvgIpc) is 2.66. The lowest BCUT2D eigenvalue weighted by Crippen LogP contribution is -2.31. The third kappa shape index (κ3) is 2.82. The van der Waals surface area contributed by atoms with Crippen LogP contribution >= 0.6 is 0 Å². The molecule has 0 radical (unpaired) electrons. The zero-order valence-corrected chi connectivity index (χ0v) is 9.67. The number of carbonyl (C=O) groups is 2. The van der Waals surface area contributed by atoms with Gasteiger partial charge in [0.2, 0.25) is 11.8 Å². The maximum Gasteiger partial charge on any atom is 0.234 e. The van der Waals surface area contributed by atoms with Gasteiger partial charge in [-0.15, -0.1) is 0 Å². The zero-order valence-electron chi connectivity index (χ0n) is 9.67. The number of likely N-dealkylation sites (N-methyl/N-ethyl adjacent to an activating group) is 1. The van der Waals surface area contributed by atoms with Gasteiger partial charge in [-0.25, -0.2) is 0 Å². The molecule has 5 heteroatoms. The highest BCUT2D eigenvalue weighted by molar-refractivity contribution is 5.99. The molecule has 1 aromatic rings. The van der Waals surface area contributed by atoms with Gasteiger partial charge in [-0.05, 0) is 24.2 Å². The van der Waals surface area contributed by atoms with Crippen LogP contribution in [0.2, 0.25) is 0 Å². The van der Waals surface area contributed by atoms with Crippen LogP contribution in [0.15, 0.2) is 18.2 Å². The molecule has 5 nitrogen and oxygen atoms in total. The SMILES string of the molecule is CNCC(=O)NCc1ccc2c(c1)CC(=O)N2. The minimum atomic E-state index is -0.0396. The third-order valence-corrected chi connectivity index (χ3v) is 2.62. The number of carbonyl (C=O) groups excluding carboxylic acids is 2. The van der Waals surface area contributed by atoms with Crippen molar-refractivity contribution in [1.29, 1.82) is 0 Å². The number of hydrogen-bond donors (Lipinski definition) is 3. The fraction of sp³-hybridized carbons (Fsp3) is 0.333. The van der Waals surface area contributed by atoms with Crippen LogP contribution in [0, 0.1) is 0 Å². The second kappa shape index (κ2) is 4.97. The van der Waals surface area contributed by atoms with Crippen LogP contribution in [0.5, 0.6) is 0 Å². The molecule has 17 heavy (non-hydrogen) atoms. The molecule has 0 spiro atoms. The third-order valence-electron chi connectivity index (χ3n) is 2.62. The molecule has 2 rings (SSSR count). The van der Waals surface area contributed by atoms with Gasteiger partial charge in [0.25, 0.3) is 0 Å². The molecule has 3 N–H and O–H groups in total. The lowest BCUT2D eigenvalue weighted by atomic mass is 10.1. The van der Waals surface area contributed by atoms with Gasteiger partial charge >= 0.3 is 0 Å². The van der Waals surface area contributed by atoms with Gasteiger partial charge in [-0.1, -0.05) is 12.1 Å². The maximum absolute atomic E-state index is 11.3. The van der Waals surface area contributed by atoms with Crippen molar-refractivity contribution in [1.82, 2.24) is 10.6 Å². The molecule has 0 bridgehead atoms.